The van der Waals surface area contributed by atoms with Gasteiger partial charge in [0.2, 0.25) is 0 Å². The molecule has 3 heteroatoms. The van der Waals surface area contributed by atoms with Crippen molar-refractivity contribution in [2.75, 3.05) is 11.9 Å². The standard InChI is InChI=1S/C10H13BrFN/c1-2-3-6-13-8-4-5-9(11)10(12)7-8/h4-5,7,13H,2-3,6H2,1H3. The highest BCUT2D eigenvalue weighted by molar-refractivity contribution is 9.10. The highest BCUT2D eigenvalue weighted by atomic mass is 79.9. The summed E-state index contributed by atoms with van der Waals surface area (Å²) in [4.78, 5) is 0. The minimum Gasteiger partial charge on any atom is -0.385 e. The van der Waals surface area contributed by atoms with Crippen molar-refractivity contribution < 1.29 is 4.39 Å². The summed E-state index contributed by atoms with van der Waals surface area (Å²) in [7, 11) is 0. The SMILES string of the molecule is CCCCNc1ccc(Br)c(F)c1. The maximum Gasteiger partial charge on any atom is 0.139 e. The Kier molecular flexibility index (Phi) is 4.22. The van der Waals surface area contributed by atoms with Crippen molar-refractivity contribution in [3.63, 3.8) is 0 Å². The molecule has 0 aliphatic heterocycles. The minimum absolute atomic E-state index is 0.221. The molecule has 0 spiro atoms. The highest BCUT2D eigenvalue weighted by Crippen LogP contribution is 2.19. The van der Waals surface area contributed by atoms with Gasteiger partial charge in [0.05, 0.1) is 4.47 Å². The predicted molar refractivity (Wildman–Crippen MR) is 57.5 cm³/mol. The monoisotopic (exact) mass is 245 g/mol. The summed E-state index contributed by atoms with van der Waals surface area (Å²) in [6.45, 7) is 3.03. The van der Waals surface area contributed by atoms with Gasteiger partial charge in [-0.15, -0.1) is 0 Å². The maximum absolute atomic E-state index is 13.0. The number of halogens is 2. The molecule has 1 aromatic rings. The summed E-state index contributed by atoms with van der Waals surface area (Å²) in [5.41, 5.74) is 0.842. The zero-order valence-electron chi connectivity index (χ0n) is 7.61. The fourth-order valence-electron chi connectivity index (χ4n) is 1.02. The van der Waals surface area contributed by atoms with E-state index in [4.69, 9.17) is 0 Å². The fraction of sp³-hybridized carbons (Fsp3) is 0.400. The molecule has 0 radical (unpaired) electrons. The molecule has 0 saturated heterocycles. The third-order valence-corrected chi connectivity index (χ3v) is 2.42. The Bertz CT molecular complexity index is 276. The third-order valence-electron chi connectivity index (χ3n) is 1.78. The summed E-state index contributed by atoms with van der Waals surface area (Å²) >= 11 is 3.11. The second kappa shape index (κ2) is 5.22. The average molecular weight is 246 g/mol. The highest BCUT2D eigenvalue weighted by Gasteiger charge is 1.98. The van der Waals surface area contributed by atoms with Gasteiger partial charge in [-0.05, 0) is 40.5 Å². The second-order valence-electron chi connectivity index (χ2n) is 2.91. The van der Waals surface area contributed by atoms with Crippen molar-refractivity contribution in [2.24, 2.45) is 0 Å². The van der Waals surface area contributed by atoms with Crippen LogP contribution in [0.25, 0.3) is 0 Å². The van der Waals surface area contributed by atoms with Gasteiger partial charge in [-0.1, -0.05) is 13.3 Å². The van der Waals surface area contributed by atoms with E-state index >= 15 is 0 Å². The number of anilines is 1. The van der Waals surface area contributed by atoms with Crippen molar-refractivity contribution in [2.45, 2.75) is 19.8 Å². The summed E-state index contributed by atoms with van der Waals surface area (Å²) in [5, 5.41) is 3.15. The predicted octanol–water partition coefficient (Wildman–Crippen LogP) is 3.80. The molecule has 1 rings (SSSR count). The molecular weight excluding hydrogens is 233 g/mol. The Morgan fingerprint density at radius 2 is 2.23 bits per heavy atom. The van der Waals surface area contributed by atoms with Crippen LogP contribution in [0.1, 0.15) is 19.8 Å². The average Bonchev–Trinajstić information content (AvgIpc) is 2.12. The summed E-state index contributed by atoms with van der Waals surface area (Å²) < 4.78 is 13.5. The van der Waals surface area contributed by atoms with E-state index < -0.39 is 0 Å². The molecule has 1 N–H and O–H groups in total. The zero-order valence-corrected chi connectivity index (χ0v) is 9.20. The Labute approximate surface area is 86.5 Å². The molecule has 0 fully saturated rings. The molecule has 0 heterocycles. The number of unbranched alkanes of at least 4 members (excludes halogenated alkanes) is 1. The van der Waals surface area contributed by atoms with Crippen LogP contribution in [-0.4, -0.2) is 6.54 Å². The van der Waals surface area contributed by atoms with E-state index in [2.05, 4.69) is 28.2 Å². The van der Waals surface area contributed by atoms with Gasteiger partial charge in [0, 0.05) is 12.2 Å². The lowest BCUT2D eigenvalue weighted by Crippen LogP contribution is -2.00. The van der Waals surface area contributed by atoms with E-state index in [9.17, 15) is 4.39 Å². The lowest BCUT2D eigenvalue weighted by atomic mass is 10.3. The Hall–Kier alpha value is -0.570. The maximum atomic E-state index is 13.0. The van der Waals surface area contributed by atoms with Crippen molar-refractivity contribution in [1.29, 1.82) is 0 Å². The molecule has 0 atom stereocenters. The lowest BCUT2D eigenvalue weighted by Gasteiger charge is -2.05. The molecular formula is C10H13BrFN. The van der Waals surface area contributed by atoms with Crippen LogP contribution in [0.2, 0.25) is 0 Å². The summed E-state index contributed by atoms with van der Waals surface area (Å²) in [6.07, 6.45) is 2.25. The third kappa shape index (κ3) is 3.35. The van der Waals surface area contributed by atoms with Crippen LogP contribution >= 0.6 is 15.9 Å². The summed E-state index contributed by atoms with van der Waals surface area (Å²) in [5.74, 6) is -0.221. The first-order valence-electron chi connectivity index (χ1n) is 4.43. The Balaban J connectivity index is 2.53. The van der Waals surface area contributed by atoms with Gasteiger partial charge >= 0.3 is 0 Å². The van der Waals surface area contributed by atoms with Gasteiger partial charge in [-0.2, -0.15) is 0 Å². The lowest BCUT2D eigenvalue weighted by molar-refractivity contribution is 0.621. The second-order valence-corrected chi connectivity index (χ2v) is 3.76. The number of nitrogens with one attached hydrogen (secondary N) is 1. The van der Waals surface area contributed by atoms with Crippen molar-refractivity contribution >= 4 is 21.6 Å². The minimum atomic E-state index is -0.221. The van der Waals surface area contributed by atoms with Crippen molar-refractivity contribution in [1.82, 2.24) is 0 Å². The Morgan fingerprint density at radius 1 is 1.46 bits per heavy atom. The fourth-order valence-corrected chi connectivity index (χ4v) is 1.26. The number of benzene rings is 1. The van der Waals surface area contributed by atoms with Crippen LogP contribution in [0.5, 0.6) is 0 Å². The quantitative estimate of drug-likeness (QED) is 0.796. The first-order chi connectivity index (χ1) is 6.24. The van der Waals surface area contributed by atoms with Crippen LogP contribution < -0.4 is 5.32 Å². The van der Waals surface area contributed by atoms with E-state index in [0.717, 1.165) is 25.1 Å². The molecule has 1 nitrogen and oxygen atoms in total. The van der Waals surface area contributed by atoms with Crippen LogP contribution in [-0.2, 0) is 0 Å². The first kappa shape index (κ1) is 10.5. The Morgan fingerprint density at radius 3 is 2.85 bits per heavy atom. The molecule has 13 heavy (non-hydrogen) atoms. The van der Waals surface area contributed by atoms with Crippen LogP contribution in [0.15, 0.2) is 22.7 Å². The van der Waals surface area contributed by atoms with Crippen LogP contribution in [0.3, 0.4) is 0 Å². The van der Waals surface area contributed by atoms with Crippen molar-refractivity contribution in [3.05, 3.63) is 28.5 Å². The van der Waals surface area contributed by atoms with Gasteiger partial charge in [0.1, 0.15) is 5.82 Å². The van der Waals surface area contributed by atoms with E-state index in [1.807, 2.05) is 6.07 Å². The molecule has 1 aromatic carbocycles. The van der Waals surface area contributed by atoms with Crippen LogP contribution in [0.4, 0.5) is 10.1 Å². The van der Waals surface area contributed by atoms with Crippen molar-refractivity contribution in [3.8, 4) is 0 Å². The van der Waals surface area contributed by atoms with Crippen LogP contribution in [0, 0.1) is 5.82 Å². The van der Waals surface area contributed by atoms with E-state index in [1.54, 1.807) is 6.07 Å². The molecule has 0 unspecified atom stereocenters. The van der Waals surface area contributed by atoms with E-state index in [0.29, 0.717) is 4.47 Å². The van der Waals surface area contributed by atoms with Gasteiger partial charge in [0.15, 0.2) is 0 Å². The van der Waals surface area contributed by atoms with Gasteiger partial charge in [-0.25, -0.2) is 4.39 Å². The molecule has 0 saturated carbocycles. The molecule has 0 aliphatic rings. The normalized spacial score (nSPS) is 10.1. The first-order valence-corrected chi connectivity index (χ1v) is 5.22. The smallest absolute Gasteiger partial charge is 0.139 e. The summed E-state index contributed by atoms with van der Waals surface area (Å²) in [6, 6.07) is 5.08. The van der Waals surface area contributed by atoms with E-state index in [1.165, 1.54) is 6.07 Å². The molecule has 72 valence electrons. The molecule has 0 bridgehead atoms. The molecule has 0 aliphatic carbocycles. The largest absolute Gasteiger partial charge is 0.385 e. The number of hydrogen-bond donors (Lipinski definition) is 1. The number of rotatable bonds is 4. The van der Waals surface area contributed by atoms with Gasteiger partial charge < -0.3 is 5.32 Å². The molecule has 0 amide bonds. The molecule has 0 aromatic heterocycles. The van der Waals surface area contributed by atoms with E-state index in [-0.39, 0.29) is 5.82 Å². The van der Waals surface area contributed by atoms with Gasteiger partial charge in [-0.3, -0.25) is 0 Å². The topological polar surface area (TPSA) is 12.0 Å². The van der Waals surface area contributed by atoms with Gasteiger partial charge in [0.25, 0.3) is 0 Å². The zero-order chi connectivity index (χ0) is 9.68. The number of hydrogen-bond acceptors (Lipinski definition) is 1.